The van der Waals surface area contributed by atoms with Crippen molar-refractivity contribution in [2.45, 2.75) is 30.6 Å². The van der Waals surface area contributed by atoms with E-state index in [0.29, 0.717) is 32.4 Å². The lowest BCUT2D eigenvalue weighted by molar-refractivity contribution is -0.197. The first kappa shape index (κ1) is 30.1. The van der Waals surface area contributed by atoms with Gasteiger partial charge in [-0.2, -0.15) is 9.57 Å². The van der Waals surface area contributed by atoms with Crippen molar-refractivity contribution in [3.8, 4) is 6.07 Å². The highest BCUT2D eigenvalue weighted by molar-refractivity contribution is 7.93. The van der Waals surface area contributed by atoms with Crippen molar-refractivity contribution < 1.29 is 32.4 Å². The van der Waals surface area contributed by atoms with Crippen molar-refractivity contribution in [3.05, 3.63) is 114 Å². The molecule has 1 aliphatic rings. The molecule has 3 amide bonds. The van der Waals surface area contributed by atoms with Gasteiger partial charge < -0.3 is 4.84 Å². The van der Waals surface area contributed by atoms with E-state index in [0.717, 1.165) is 4.31 Å². The summed E-state index contributed by atoms with van der Waals surface area (Å²) in [6.07, 6.45) is -0.0264. The number of aryl methyl sites for hydroxylation is 1. The van der Waals surface area contributed by atoms with E-state index < -0.39 is 33.7 Å². The Kier molecular flexibility index (Phi) is 8.00. The number of carbonyl (C=O) groups is 4. The van der Waals surface area contributed by atoms with E-state index in [4.69, 9.17) is 4.84 Å². The second-order valence-electron chi connectivity index (χ2n) is 10.4. The molecule has 0 saturated carbocycles. The monoisotopic (exact) mass is 632 g/mol. The van der Waals surface area contributed by atoms with Crippen LogP contribution in [-0.4, -0.2) is 42.2 Å². The summed E-state index contributed by atoms with van der Waals surface area (Å²) < 4.78 is 29.2. The van der Waals surface area contributed by atoms with Crippen LogP contribution in [0.4, 0.5) is 5.69 Å². The second-order valence-corrected chi connectivity index (χ2v) is 12.2. The summed E-state index contributed by atoms with van der Waals surface area (Å²) in [6, 6.07) is 27.2. The molecule has 11 nitrogen and oxygen atoms in total. The quantitative estimate of drug-likeness (QED) is 0.173. The van der Waals surface area contributed by atoms with Gasteiger partial charge in [-0.3, -0.25) is 14.4 Å². The number of rotatable bonds is 8. The van der Waals surface area contributed by atoms with E-state index in [1.807, 2.05) is 6.07 Å². The number of pyridine rings is 1. The molecule has 12 heteroatoms. The Morgan fingerprint density at radius 3 is 1.96 bits per heavy atom. The smallest absolute Gasteiger partial charge is 0.330 e. The number of aromatic nitrogens is 1. The van der Waals surface area contributed by atoms with E-state index in [-0.39, 0.29) is 47.4 Å². The van der Waals surface area contributed by atoms with Gasteiger partial charge in [-0.15, -0.1) is 5.06 Å². The number of hydrogen-bond acceptors (Lipinski definition) is 9. The van der Waals surface area contributed by atoms with Gasteiger partial charge >= 0.3 is 5.97 Å². The summed E-state index contributed by atoms with van der Waals surface area (Å²) in [7, 11) is -4.52. The van der Waals surface area contributed by atoms with E-state index in [2.05, 4.69) is 4.98 Å². The van der Waals surface area contributed by atoms with E-state index in [9.17, 15) is 32.9 Å². The van der Waals surface area contributed by atoms with Crippen LogP contribution in [0.15, 0.2) is 102 Å². The molecule has 1 aromatic heterocycles. The van der Waals surface area contributed by atoms with Crippen LogP contribution in [0.2, 0.25) is 0 Å². The number of carbonyl (C=O) groups excluding carboxylic acids is 4. The third-order valence-corrected chi connectivity index (χ3v) is 9.22. The third kappa shape index (κ3) is 5.67. The number of nitriles is 1. The molecule has 0 spiro atoms. The topological polar surface area (TPSA) is 155 Å². The predicted octanol–water partition coefficient (Wildman–Crippen LogP) is 4.84. The number of amides is 3. The Bertz CT molecular complexity index is 2120. The SMILES string of the molecule is N#Cc1ccc(S(=O)(=O)N(C(=O)c2c3ccccc3nc3ccccc23)c2ccc(CCC(=O)ON3C(=O)CCC3=O)cc2)cc1. The summed E-state index contributed by atoms with van der Waals surface area (Å²) in [5.41, 5.74) is 2.09. The lowest BCUT2D eigenvalue weighted by Crippen LogP contribution is -2.37. The van der Waals surface area contributed by atoms with Gasteiger partial charge in [-0.05, 0) is 60.5 Å². The van der Waals surface area contributed by atoms with Crippen LogP contribution in [0.3, 0.4) is 0 Å². The Hall–Kier alpha value is -5.93. The van der Waals surface area contributed by atoms with Gasteiger partial charge in [0.2, 0.25) is 0 Å². The zero-order valence-electron chi connectivity index (χ0n) is 24.1. The molecule has 0 atom stereocenters. The van der Waals surface area contributed by atoms with Crippen molar-refractivity contribution in [2.75, 3.05) is 4.31 Å². The zero-order valence-corrected chi connectivity index (χ0v) is 24.9. The number of nitrogens with zero attached hydrogens (tertiary/aromatic N) is 4. The van der Waals surface area contributed by atoms with Gasteiger partial charge in [0.25, 0.3) is 27.7 Å². The van der Waals surface area contributed by atoms with Gasteiger partial charge in [0, 0.05) is 23.6 Å². The summed E-state index contributed by atoms with van der Waals surface area (Å²) >= 11 is 0. The normalized spacial score (nSPS) is 13.2. The fraction of sp³-hybridized carbons (Fsp3) is 0.118. The van der Waals surface area contributed by atoms with Crippen molar-refractivity contribution in [1.29, 1.82) is 5.26 Å². The predicted molar refractivity (Wildman–Crippen MR) is 166 cm³/mol. The van der Waals surface area contributed by atoms with Crippen LogP contribution in [-0.2, 0) is 35.7 Å². The first-order valence-electron chi connectivity index (χ1n) is 14.2. The fourth-order valence-corrected chi connectivity index (χ4v) is 6.59. The van der Waals surface area contributed by atoms with Crippen LogP contribution in [0.5, 0.6) is 0 Å². The lowest BCUT2D eigenvalue weighted by Gasteiger charge is -2.24. The molecule has 0 aliphatic carbocycles. The highest BCUT2D eigenvalue weighted by Crippen LogP contribution is 2.32. The maximum Gasteiger partial charge on any atom is 0.333 e. The van der Waals surface area contributed by atoms with E-state index >= 15 is 0 Å². The fourth-order valence-electron chi connectivity index (χ4n) is 5.19. The minimum absolute atomic E-state index is 0.0146. The maximum atomic E-state index is 14.6. The molecular weight excluding hydrogens is 608 g/mol. The molecule has 4 aromatic carbocycles. The van der Waals surface area contributed by atoms with Crippen molar-refractivity contribution in [1.82, 2.24) is 10.0 Å². The van der Waals surface area contributed by atoms with Crippen LogP contribution in [0.1, 0.15) is 40.7 Å². The average molecular weight is 633 g/mol. The Morgan fingerprint density at radius 2 is 1.39 bits per heavy atom. The molecule has 1 saturated heterocycles. The molecule has 5 aromatic rings. The molecule has 6 rings (SSSR count). The average Bonchev–Trinajstić information content (AvgIpc) is 3.38. The van der Waals surface area contributed by atoms with Crippen LogP contribution < -0.4 is 4.31 Å². The van der Waals surface area contributed by atoms with Gasteiger partial charge in [-0.25, -0.2) is 18.2 Å². The third-order valence-electron chi connectivity index (χ3n) is 7.50. The van der Waals surface area contributed by atoms with Crippen LogP contribution in [0.25, 0.3) is 21.8 Å². The molecular formula is C34H24N4O7S. The molecule has 228 valence electrons. The number of fused-ring (bicyclic) bond motifs is 2. The zero-order chi connectivity index (χ0) is 32.4. The second kappa shape index (κ2) is 12.2. The van der Waals surface area contributed by atoms with Crippen molar-refractivity contribution in [3.63, 3.8) is 0 Å². The molecule has 2 heterocycles. The van der Waals surface area contributed by atoms with Gasteiger partial charge in [0.15, 0.2) is 0 Å². The summed E-state index contributed by atoms with van der Waals surface area (Å²) in [6.45, 7) is 0. The summed E-state index contributed by atoms with van der Waals surface area (Å²) in [5, 5.41) is 10.6. The number of hydrogen-bond donors (Lipinski definition) is 0. The maximum absolute atomic E-state index is 14.6. The first-order valence-corrected chi connectivity index (χ1v) is 15.6. The number of benzene rings is 4. The summed E-state index contributed by atoms with van der Waals surface area (Å²) in [5.74, 6) is -2.74. The van der Waals surface area contributed by atoms with Gasteiger partial charge in [-0.1, -0.05) is 48.5 Å². The van der Waals surface area contributed by atoms with E-state index in [1.165, 1.54) is 36.4 Å². The number of imide groups is 1. The Balaban J connectivity index is 1.38. The Morgan fingerprint density at radius 1 is 0.826 bits per heavy atom. The van der Waals surface area contributed by atoms with Crippen LogP contribution in [0, 0.1) is 11.3 Å². The highest BCUT2D eigenvalue weighted by atomic mass is 32.2. The highest BCUT2D eigenvalue weighted by Gasteiger charge is 2.35. The van der Waals surface area contributed by atoms with Gasteiger partial charge in [0.05, 0.1) is 45.2 Å². The summed E-state index contributed by atoms with van der Waals surface area (Å²) in [4.78, 5) is 59.7. The standard InChI is InChI=1S/C34H24N4O7S/c35-21-23-11-16-25(17-12-23)46(43,44)38(34(42)33-26-5-1-3-7-28(26)36-29-8-4-2-6-27(29)33)24-14-9-22(10-15-24)13-20-32(41)45-37-30(39)18-19-31(37)40/h1-12,14-17H,13,18-20H2. The number of sulfonamides is 1. The minimum Gasteiger partial charge on any atom is -0.330 e. The molecule has 0 bridgehead atoms. The molecule has 0 N–H and O–H groups in total. The molecule has 0 radical (unpaired) electrons. The van der Waals surface area contributed by atoms with E-state index in [1.54, 1.807) is 60.7 Å². The largest absolute Gasteiger partial charge is 0.333 e. The van der Waals surface area contributed by atoms with Gasteiger partial charge in [0.1, 0.15) is 0 Å². The number of hydroxylamine groups is 2. The minimum atomic E-state index is -4.52. The number of para-hydroxylation sites is 2. The molecule has 46 heavy (non-hydrogen) atoms. The number of anilines is 1. The lowest BCUT2D eigenvalue weighted by atomic mass is 10.0. The van der Waals surface area contributed by atoms with Crippen molar-refractivity contribution in [2.24, 2.45) is 0 Å². The molecule has 1 fully saturated rings. The van der Waals surface area contributed by atoms with Crippen LogP contribution >= 0.6 is 0 Å². The molecule has 0 unspecified atom stereocenters. The molecule has 1 aliphatic heterocycles. The first-order chi connectivity index (χ1) is 22.2. The Labute approximate surface area is 263 Å². The van der Waals surface area contributed by atoms with Crippen molar-refractivity contribution >= 4 is 61.2 Å².